The maximum absolute atomic E-state index is 5.51. The van der Waals surface area contributed by atoms with Crippen LogP contribution in [0, 0.1) is 0 Å². The number of morpholine rings is 1. The normalized spacial score (nSPS) is 21.5. The van der Waals surface area contributed by atoms with Gasteiger partial charge in [-0.15, -0.1) is 11.3 Å². The van der Waals surface area contributed by atoms with Gasteiger partial charge in [0.05, 0.1) is 30.0 Å². The molecule has 3 nitrogen and oxygen atoms in total. The van der Waals surface area contributed by atoms with Crippen LogP contribution < -0.4 is 0 Å². The van der Waals surface area contributed by atoms with Crippen molar-refractivity contribution in [2.24, 2.45) is 0 Å². The number of rotatable bonds is 3. The van der Waals surface area contributed by atoms with Crippen molar-refractivity contribution in [2.45, 2.75) is 12.6 Å². The van der Waals surface area contributed by atoms with Gasteiger partial charge < -0.3 is 4.74 Å². The minimum atomic E-state index is 0.464. The first-order valence-corrected chi connectivity index (χ1v) is 8.03. The molecule has 0 amide bonds. The van der Waals surface area contributed by atoms with E-state index < -0.39 is 0 Å². The predicted octanol–water partition coefficient (Wildman–Crippen LogP) is 2.89. The molecular weight excluding hydrogens is 312 g/mol. The molecule has 3 rings (SSSR count). The zero-order chi connectivity index (χ0) is 12.4. The molecular formula is C13H15BrN2OS. The van der Waals surface area contributed by atoms with Gasteiger partial charge in [-0.1, -0.05) is 28.1 Å². The highest BCUT2D eigenvalue weighted by Gasteiger charge is 2.22. The zero-order valence-corrected chi connectivity index (χ0v) is 12.4. The van der Waals surface area contributed by atoms with Gasteiger partial charge in [0.2, 0.25) is 0 Å². The van der Waals surface area contributed by atoms with E-state index in [9.17, 15) is 0 Å². The summed E-state index contributed by atoms with van der Waals surface area (Å²) in [5, 5.41) is 2.15. The number of ether oxygens (including phenoxy) is 1. The average molecular weight is 327 g/mol. The lowest BCUT2D eigenvalue weighted by atomic mass is 10.2. The second-order valence-corrected chi connectivity index (χ2v) is 6.19. The van der Waals surface area contributed by atoms with E-state index in [0.29, 0.717) is 6.04 Å². The first-order chi connectivity index (χ1) is 8.86. The summed E-state index contributed by atoms with van der Waals surface area (Å²) in [7, 11) is 0. The standard InChI is InChI=1S/C13H15BrN2OS/c14-7-10-9-17-6-5-16(10)8-13-15-11-3-1-2-4-12(11)18-13/h1-4,10H,5-9H2. The highest BCUT2D eigenvalue weighted by Crippen LogP contribution is 2.24. The molecule has 1 aliphatic rings. The molecule has 2 aromatic rings. The first-order valence-electron chi connectivity index (χ1n) is 6.09. The van der Waals surface area contributed by atoms with Gasteiger partial charge in [-0.05, 0) is 12.1 Å². The molecule has 0 saturated carbocycles. The van der Waals surface area contributed by atoms with Crippen LogP contribution in [-0.4, -0.2) is 41.0 Å². The lowest BCUT2D eigenvalue weighted by molar-refractivity contribution is -0.00212. The van der Waals surface area contributed by atoms with Crippen molar-refractivity contribution in [3.05, 3.63) is 29.3 Å². The minimum absolute atomic E-state index is 0.464. The molecule has 0 radical (unpaired) electrons. The van der Waals surface area contributed by atoms with Crippen LogP contribution in [0.4, 0.5) is 0 Å². The topological polar surface area (TPSA) is 25.4 Å². The van der Waals surface area contributed by atoms with Gasteiger partial charge in [0.15, 0.2) is 0 Å². The third kappa shape index (κ3) is 2.59. The van der Waals surface area contributed by atoms with E-state index in [1.54, 1.807) is 11.3 Å². The van der Waals surface area contributed by atoms with Crippen molar-refractivity contribution < 1.29 is 4.74 Å². The number of hydrogen-bond donors (Lipinski definition) is 0. The predicted molar refractivity (Wildman–Crippen MR) is 78.4 cm³/mol. The monoisotopic (exact) mass is 326 g/mol. The second-order valence-electron chi connectivity index (χ2n) is 4.43. The number of alkyl halides is 1. The van der Waals surface area contributed by atoms with Crippen LogP contribution in [0.5, 0.6) is 0 Å². The molecule has 1 aliphatic heterocycles. The van der Waals surface area contributed by atoms with E-state index in [4.69, 9.17) is 9.72 Å². The smallest absolute Gasteiger partial charge is 0.108 e. The first kappa shape index (κ1) is 12.5. The lowest BCUT2D eigenvalue weighted by Gasteiger charge is -2.33. The third-order valence-electron chi connectivity index (χ3n) is 3.20. The summed E-state index contributed by atoms with van der Waals surface area (Å²) in [6.45, 7) is 3.57. The van der Waals surface area contributed by atoms with E-state index in [2.05, 4.69) is 39.0 Å². The Labute approximate surface area is 119 Å². The van der Waals surface area contributed by atoms with Gasteiger partial charge in [-0.25, -0.2) is 4.98 Å². The number of benzene rings is 1. The van der Waals surface area contributed by atoms with Gasteiger partial charge in [0.25, 0.3) is 0 Å². The van der Waals surface area contributed by atoms with Crippen molar-refractivity contribution in [3.8, 4) is 0 Å². The van der Waals surface area contributed by atoms with Crippen LogP contribution in [0.2, 0.25) is 0 Å². The minimum Gasteiger partial charge on any atom is -0.378 e. The molecule has 1 atom stereocenters. The number of para-hydroxylation sites is 1. The molecule has 1 unspecified atom stereocenters. The Kier molecular flexibility index (Phi) is 3.94. The van der Waals surface area contributed by atoms with Crippen LogP contribution >= 0.6 is 27.3 Å². The van der Waals surface area contributed by atoms with Crippen LogP contribution in [0.15, 0.2) is 24.3 Å². The van der Waals surface area contributed by atoms with Gasteiger partial charge in [0, 0.05) is 17.9 Å². The Hall–Kier alpha value is -0.490. The summed E-state index contributed by atoms with van der Waals surface area (Å²) in [5.41, 5.74) is 1.11. The van der Waals surface area contributed by atoms with E-state index in [1.807, 2.05) is 6.07 Å². The maximum atomic E-state index is 5.51. The summed E-state index contributed by atoms with van der Waals surface area (Å²) in [6.07, 6.45) is 0. The average Bonchev–Trinajstić information content (AvgIpc) is 2.81. The SMILES string of the molecule is BrCC1COCCN1Cc1nc2ccccc2s1. The molecule has 0 spiro atoms. The van der Waals surface area contributed by atoms with Crippen LogP contribution in [-0.2, 0) is 11.3 Å². The summed E-state index contributed by atoms with van der Waals surface area (Å²) in [5.74, 6) is 0. The number of fused-ring (bicyclic) bond motifs is 1. The van der Waals surface area contributed by atoms with Crippen LogP contribution in [0.25, 0.3) is 10.2 Å². The van der Waals surface area contributed by atoms with Gasteiger partial charge >= 0.3 is 0 Å². The number of nitrogens with zero attached hydrogens (tertiary/aromatic N) is 2. The molecule has 1 fully saturated rings. The fourth-order valence-electron chi connectivity index (χ4n) is 2.20. The summed E-state index contributed by atoms with van der Waals surface area (Å²) in [6, 6.07) is 8.79. The van der Waals surface area contributed by atoms with Crippen molar-refractivity contribution >= 4 is 37.5 Å². The van der Waals surface area contributed by atoms with Gasteiger partial charge in [0.1, 0.15) is 5.01 Å². The molecule has 5 heteroatoms. The van der Waals surface area contributed by atoms with E-state index >= 15 is 0 Å². The highest BCUT2D eigenvalue weighted by atomic mass is 79.9. The molecule has 96 valence electrons. The van der Waals surface area contributed by atoms with E-state index in [0.717, 1.165) is 37.2 Å². The Bertz CT molecular complexity index is 497. The van der Waals surface area contributed by atoms with Crippen molar-refractivity contribution in [1.82, 2.24) is 9.88 Å². The highest BCUT2D eigenvalue weighted by molar-refractivity contribution is 9.09. The fourth-order valence-corrected chi connectivity index (χ4v) is 3.79. The Morgan fingerprint density at radius 3 is 3.17 bits per heavy atom. The lowest BCUT2D eigenvalue weighted by Crippen LogP contribution is -2.45. The van der Waals surface area contributed by atoms with Crippen molar-refractivity contribution in [3.63, 3.8) is 0 Å². The number of aromatic nitrogens is 1. The largest absolute Gasteiger partial charge is 0.378 e. The van der Waals surface area contributed by atoms with Crippen molar-refractivity contribution in [1.29, 1.82) is 0 Å². The van der Waals surface area contributed by atoms with Crippen LogP contribution in [0.3, 0.4) is 0 Å². The van der Waals surface area contributed by atoms with Crippen LogP contribution in [0.1, 0.15) is 5.01 Å². The molecule has 18 heavy (non-hydrogen) atoms. The second kappa shape index (κ2) is 5.65. The maximum Gasteiger partial charge on any atom is 0.108 e. The Morgan fingerprint density at radius 2 is 2.33 bits per heavy atom. The molecule has 0 bridgehead atoms. The Balaban J connectivity index is 1.78. The molecule has 1 aromatic heterocycles. The molecule has 0 N–H and O–H groups in total. The van der Waals surface area contributed by atoms with Crippen molar-refractivity contribution in [2.75, 3.05) is 25.1 Å². The molecule has 1 aromatic carbocycles. The number of halogens is 1. The van der Waals surface area contributed by atoms with E-state index in [1.165, 1.54) is 9.71 Å². The third-order valence-corrected chi connectivity index (χ3v) is 4.97. The number of thiazole rings is 1. The molecule has 2 heterocycles. The molecule has 0 aliphatic carbocycles. The Morgan fingerprint density at radius 1 is 1.44 bits per heavy atom. The molecule has 1 saturated heterocycles. The summed E-state index contributed by atoms with van der Waals surface area (Å²) in [4.78, 5) is 7.15. The summed E-state index contributed by atoms with van der Waals surface area (Å²) < 4.78 is 6.79. The van der Waals surface area contributed by atoms with E-state index in [-0.39, 0.29) is 0 Å². The fraction of sp³-hybridized carbons (Fsp3) is 0.462. The van der Waals surface area contributed by atoms with Gasteiger partial charge in [-0.2, -0.15) is 0 Å². The summed E-state index contributed by atoms with van der Waals surface area (Å²) >= 11 is 5.36. The van der Waals surface area contributed by atoms with Gasteiger partial charge in [-0.3, -0.25) is 4.90 Å². The number of hydrogen-bond acceptors (Lipinski definition) is 4. The zero-order valence-electron chi connectivity index (χ0n) is 10.0. The quantitative estimate of drug-likeness (QED) is 0.811.